The summed E-state index contributed by atoms with van der Waals surface area (Å²) in [6.45, 7) is 24.9. The van der Waals surface area contributed by atoms with E-state index in [0.717, 1.165) is 47.5 Å². The molecule has 0 aliphatic carbocycles. The molecule has 2 heteroatoms. The number of phenolic OH excluding ortho intramolecular Hbond substituents is 1. The summed E-state index contributed by atoms with van der Waals surface area (Å²) in [5.74, 6) is 3.97. The van der Waals surface area contributed by atoms with Crippen LogP contribution in [0, 0.1) is 17.8 Å². The number of rotatable bonds is 12. The smallest absolute Gasteiger partial charge is 0.124 e. The van der Waals surface area contributed by atoms with Gasteiger partial charge >= 0.3 is 0 Å². The molecule has 0 saturated carbocycles. The lowest BCUT2D eigenvalue weighted by atomic mass is 9.76. The van der Waals surface area contributed by atoms with Gasteiger partial charge in [0.05, 0.1) is 0 Å². The van der Waals surface area contributed by atoms with Crippen LogP contribution in [-0.4, -0.2) is 10.7 Å². The first-order valence-corrected chi connectivity index (χ1v) is 14.6. The first-order chi connectivity index (χ1) is 16.0. The maximum Gasteiger partial charge on any atom is 0.124 e. The lowest BCUT2D eigenvalue weighted by molar-refractivity contribution is 0.100. The molecule has 1 aromatic carbocycles. The summed E-state index contributed by atoms with van der Waals surface area (Å²) in [6, 6.07) is 2.12. The van der Waals surface area contributed by atoms with Gasteiger partial charge in [0.25, 0.3) is 0 Å². The van der Waals surface area contributed by atoms with Crippen LogP contribution in [-0.2, 0) is 17.3 Å². The Bertz CT molecular complexity index is 808. The number of aromatic hydroxyl groups is 1. The second kappa shape index (κ2) is 11.9. The van der Waals surface area contributed by atoms with Gasteiger partial charge in [-0.3, -0.25) is 0 Å². The normalized spacial score (nSPS) is 20.1. The third kappa shape index (κ3) is 8.71. The minimum absolute atomic E-state index is 0.121. The van der Waals surface area contributed by atoms with Gasteiger partial charge in [0, 0.05) is 23.1 Å². The van der Waals surface area contributed by atoms with E-state index in [9.17, 15) is 5.11 Å². The van der Waals surface area contributed by atoms with Crippen LogP contribution in [0.3, 0.4) is 0 Å². The second-order valence-electron chi connectivity index (χ2n) is 14.7. The van der Waals surface area contributed by atoms with Crippen molar-refractivity contribution in [2.24, 2.45) is 17.8 Å². The van der Waals surface area contributed by atoms with E-state index in [4.69, 9.17) is 4.74 Å². The molecule has 1 heterocycles. The predicted octanol–water partition coefficient (Wildman–Crippen LogP) is 10.1. The molecule has 1 aliphatic heterocycles. The Hall–Kier alpha value is -1.18. The van der Waals surface area contributed by atoms with Crippen molar-refractivity contribution in [3.63, 3.8) is 0 Å². The van der Waals surface area contributed by atoms with Crippen LogP contribution in [0.4, 0.5) is 0 Å². The van der Waals surface area contributed by atoms with Gasteiger partial charge in [0.15, 0.2) is 0 Å². The van der Waals surface area contributed by atoms with Gasteiger partial charge in [-0.05, 0) is 54.4 Å². The number of hydrogen-bond acceptors (Lipinski definition) is 2. The van der Waals surface area contributed by atoms with Crippen LogP contribution in [0.1, 0.15) is 151 Å². The average molecular weight is 487 g/mol. The lowest BCUT2D eigenvalue weighted by Gasteiger charge is -2.29. The van der Waals surface area contributed by atoms with E-state index >= 15 is 0 Å². The molecule has 0 fully saturated rings. The summed E-state index contributed by atoms with van der Waals surface area (Å²) >= 11 is 0. The van der Waals surface area contributed by atoms with Crippen LogP contribution < -0.4 is 4.74 Å². The quantitative estimate of drug-likeness (QED) is 0.318. The molecule has 0 amide bonds. The van der Waals surface area contributed by atoms with Gasteiger partial charge in [0.1, 0.15) is 17.1 Å². The monoisotopic (exact) mass is 486 g/mol. The van der Waals surface area contributed by atoms with Gasteiger partial charge in [-0.15, -0.1) is 0 Å². The average Bonchev–Trinajstić information content (AvgIpc) is 3.00. The molecule has 3 atom stereocenters. The molecule has 0 radical (unpaired) electrons. The molecule has 2 rings (SSSR count). The Morgan fingerprint density at radius 3 is 1.83 bits per heavy atom. The summed E-state index contributed by atoms with van der Waals surface area (Å²) in [4.78, 5) is 0. The fourth-order valence-electron chi connectivity index (χ4n) is 5.95. The van der Waals surface area contributed by atoms with Crippen molar-refractivity contribution in [2.45, 2.75) is 157 Å². The first-order valence-electron chi connectivity index (χ1n) is 14.6. The van der Waals surface area contributed by atoms with Crippen molar-refractivity contribution in [1.82, 2.24) is 0 Å². The molecule has 1 aliphatic rings. The standard InChI is InChI=1S/C33H58O2/c1-23(2)15-12-16-24(3)17-13-18-25(4)19-14-20-33(11)22-26-28(35-33)21-27(31(5,6)7)30(34)29(26)32(8,9)10/h21,23-25,34H,12-20,22H2,1-11H3. The Morgan fingerprint density at radius 1 is 0.829 bits per heavy atom. The fraction of sp³-hybridized carbons (Fsp3) is 0.818. The molecule has 0 bridgehead atoms. The molecule has 3 unspecified atom stereocenters. The van der Waals surface area contributed by atoms with Gasteiger partial charge in [0.2, 0.25) is 0 Å². The molecule has 0 aromatic heterocycles. The van der Waals surface area contributed by atoms with Gasteiger partial charge in [-0.1, -0.05) is 114 Å². The zero-order chi connectivity index (χ0) is 26.6. The van der Waals surface area contributed by atoms with E-state index in [1.54, 1.807) is 0 Å². The Morgan fingerprint density at radius 2 is 1.34 bits per heavy atom. The van der Waals surface area contributed by atoms with Crippen molar-refractivity contribution in [3.05, 3.63) is 22.8 Å². The molecular weight excluding hydrogens is 428 g/mol. The van der Waals surface area contributed by atoms with Crippen LogP contribution in [0.15, 0.2) is 6.07 Å². The molecular formula is C33H58O2. The van der Waals surface area contributed by atoms with Crippen molar-refractivity contribution in [3.8, 4) is 11.5 Å². The maximum atomic E-state index is 11.3. The number of fused-ring (bicyclic) bond motifs is 1. The summed E-state index contributed by atoms with van der Waals surface area (Å²) < 4.78 is 6.66. The minimum atomic E-state index is -0.171. The zero-order valence-corrected chi connectivity index (χ0v) is 25.2. The molecule has 1 aromatic rings. The fourth-order valence-corrected chi connectivity index (χ4v) is 5.95. The third-order valence-corrected chi connectivity index (χ3v) is 8.11. The summed E-state index contributed by atoms with van der Waals surface area (Å²) in [5, 5.41) is 11.3. The third-order valence-electron chi connectivity index (χ3n) is 8.11. The minimum Gasteiger partial charge on any atom is -0.507 e. The number of phenols is 1. The van der Waals surface area contributed by atoms with Gasteiger partial charge < -0.3 is 9.84 Å². The van der Waals surface area contributed by atoms with Crippen LogP contribution >= 0.6 is 0 Å². The van der Waals surface area contributed by atoms with E-state index in [-0.39, 0.29) is 16.4 Å². The van der Waals surface area contributed by atoms with Crippen LogP contribution in [0.25, 0.3) is 0 Å². The number of benzene rings is 1. The highest BCUT2D eigenvalue weighted by atomic mass is 16.5. The second-order valence-corrected chi connectivity index (χ2v) is 14.7. The van der Waals surface area contributed by atoms with E-state index in [1.807, 2.05) is 0 Å². The molecule has 35 heavy (non-hydrogen) atoms. The van der Waals surface area contributed by atoms with Crippen LogP contribution in [0.5, 0.6) is 11.5 Å². The van der Waals surface area contributed by atoms with E-state index in [0.29, 0.717) is 5.75 Å². The van der Waals surface area contributed by atoms with Crippen molar-refractivity contribution < 1.29 is 9.84 Å². The Labute approximate surface area is 218 Å². The topological polar surface area (TPSA) is 29.5 Å². The summed E-state index contributed by atoms with van der Waals surface area (Å²) in [7, 11) is 0. The highest BCUT2D eigenvalue weighted by Gasteiger charge is 2.40. The molecule has 1 N–H and O–H groups in total. The maximum absolute atomic E-state index is 11.3. The summed E-state index contributed by atoms with van der Waals surface area (Å²) in [5.41, 5.74) is 2.89. The molecule has 0 spiro atoms. The highest BCUT2D eigenvalue weighted by molar-refractivity contribution is 5.59. The highest BCUT2D eigenvalue weighted by Crippen LogP contribution is 2.50. The molecule has 0 saturated heterocycles. The Balaban J connectivity index is 1.91. The molecule has 202 valence electrons. The first kappa shape index (κ1) is 30.0. The number of ether oxygens (including phenoxy) is 1. The predicted molar refractivity (Wildman–Crippen MR) is 153 cm³/mol. The zero-order valence-electron chi connectivity index (χ0n) is 25.2. The van der Waals surface area contributed by atoms with E-state index in [1.165, 1.54) is 56.9 Å². The van der Waals surface area contributed by atoms with Gasteiger partial charge in [-0.2, -0.15) is 0 Å². The summed E-state index contributed by atoms with van der Waals surface area (Å²) in [6.07, 6.45) is 12.7. The largest absolute Gasteiger partial charge is 0.507 e. The van der Waals surface area contributed by atoms with Crippen molar-refractivity contribution >= 4 is 0 Å². The Kier molecular flexibility index (Phi) is 10.2. The van der Waals surface area contributed by atoms with Crippen molar-refractivity contribution in [2.75, 3.05) is 0 Å². The van der Waals surface area contributed by atoms with Gasteiger partial charge in [-0.25, -0.2) is 0 Å². The SMILES string of the molecule is CC(C)CCCC(C)CCCC(C)CCCC1(C)Cc2c(cc(C(C)(C)C)c(O)c2C(C)(C)C)O1. The number of hydrogen-bond donors (Lipinski definition) is 1. The van der Waals surface area contributed by atoms with Crippen LogP contribution in [0.2, 0.25) is 0 Å². The van der Waals surface area contributed by atoms with E-state index < -0.39 is 0 Å². The van der Waals surface area contributed by atoms with Crippen molar-refractivity contribution in [1.29, 1.82) is 0 Å². The molecule has 2 nitrogen and oxygen atoms in total. The lowest BCUT2D eigenvalue weighted by Crippen LogP contribution is -2.30. The van der Waals surface area contributed by atoms with E-state index in [2.05, 4.69) is 82.2 Å².